The number of anilines is 1. The van der Waals surface area contributed by atoms with Crippen LogP contribution in [0.3, 0.4) is 0 Å². The van der Waals surface area contributed by atoms with Crippen LogP contribution in [0, 0.1) is 6.92 Å². The maximum atomic E-state index is 13.2. The van der Waals surface area contributed by atoms with Gasteiger partial charge in [-0.3, -0.25) is 14.6 Å². The van der Waals surface area contributed by atoms with Crippen molar-refractivity contribution >= 4 is 39.9 Å². The minimum absolute atomic E-state index is 0.0520. The number of unbranched alkanes of at least 4 members (excludes halogenated alkanes) is 1. The Balaban J connectivity index is 1.47. The Labute approximate surface area is 202 Å². The minimum Gasteiger partial charge on any atom is -0.385 e. The third-order valence-electron chi connectivity index (χ3n) is 5.45. The highest BCUT2D eigenvalue weighted by molar-refractivity contribution is 7.06. The first-order valence-electron chi connectivity index (χ1n) is 11.1. The Bertz CT molecular complexity index is 1320. The van der Waals surface area contributed by atoms with Crippen molar-refractivity contribution in [2.24, 2.45) is 0 Å². The summed E-state index contributed by atoms with van der Waals surface area (Å²) in [4.78, 5) is 35.6. The van der Waals surface area contributed by atoms with Crippen LogP contribution < -0.4 is 5.32 Å². The molecule has 0 spiro atoms. The number of aromatic nitrogens is 3. The van der Waals surface area contributed by atoms with Gasteiger partial charge in [-0.25, -0.2) is 4.98 Å². The Kier molecular flexibility index (Phi) is 7.72. The van der Waals surface area contributed by atoms with Crippen LogP contribution in [0.1, 0.15) is 56.2 Å². The van der Waals surface area contributed by atoms with E-state index in [2.05, 4.69) is 19.7 Å². The molecular formula is C26H26N4O3S. The van der Waals surface area contributed by atoms with E-state index in [-0.39, 0.29) is 11.7 Å². The van der Waals surface area contributed by atoms with Crippen LogP contribution in [-0.2, 0) is 11.2 Å². The summed E-state index contributed by atoms with van der Waals surface area (Å²) in [5.41, 5.74) is 4.79. The van der Waals surface area contributed by atoms with Crippen molar-refractivity contribution < 1.29 is 14.3 Å². The smallest absolute Gasteiger partial charge is 0.258 e. The highest BCUT2D eigenvalue weighted by atomic mass is 32.1. The number of carbonyl (C=O) groups is 2. The van der Waals surface area contributed by atoms with E-state index in [1.165, 1.54) is 11.5 Å². The number of ketones is 1. The largest absolute Gasteiger partial charge is 0.385 e. The first-order valence-corrected chi connectivity index (χ1v) is 11.9. The van der Waals surface area contributed by atoms with Crippen molar-refractivity contribution in [3.05, 3.63) is 82.1 Å². The monoisotopic (exact) mass is 474 g/mol. The highest BCUT2D eigenvalue weighted by Crippen LogP contribution is 2.24. The van der Waals surface area contributed by atoms with E-state index in [4.69, 9.17) is 4.74 Å². The van der Waals surface area contributed by atoms with E-state index in [0.29, 0.717) is 42.0 Å². The number of benzene rings is 2. The molecule has 0 aliphatic heterocycles. The third kappa shape index (κ3) is 5.70. The fourth-order valence-corrected chi connectivity index (χ4v) is 4.60. The van der Waals surface area contributed by atoms with Gasteiger partial charge in [0.05, 0.1) is 28.0 Å². The fraction of sp³-hybridized carbons (Fsp3) is 0.269. The molecule has 2 heterocycles. The molecule has 0 radical (unpaired) electrons. The van der Waals surface area contributed by atoms with Crippen LogP contribution >= 0.6 is 11.5 Å². The Morgan fingerprint density at radius 3 is 2.71 bits per heavy atom. The van der Waals surface area contributed by atoms with Crippen molar-refractivity contribution in [2.75, 3.05) is 19.0 Å². The van der Waals surface area contributed by atoms with Gasteiger partial charge in [0.25, 0.3) is 5.91 Å². The number of amides is 1. The molecule has 1 amide bonds. The molecule has 4 aromatic rings. The topological polar surface area (TPSA) is 94.1 Å². The summed E-state index contributed by atoms with van der Waals surface area (Å²) < 4.78 is 9.43. The molecule has 2 aromatic carbocycles. The van der Waals surface area contributed by atoms with E-state index in [1.807, 2.05) is 31.2 Å². The van der Waals surface area contributed by atoms with Crippen molar-refractivity contribution in [1.82, 2.24) is 14.3 Å². The van der Waals surface area contributed by atoms with Crippen molar-refractivity contribution in [1.29, 1.82) is 0 Å². The van der Waals surface area contributed by atoms with Crippen molar-refractivity contribution in [3.8, 4) is 0 Å². The average molecular weight is 475 g/mol. The number of para-hydroxylation sites is 2. The quantitative estimate of drug-likeness (QED) is 0.250. The van der Waals surface area contributed by atoms with Gasteiger partial charge in [0.15, 0.2) is 5.78 Å². The van der Waals surface area contributed by atoms with E-state index >= 15 is 0 Å². The predicted molar refractivity (Wildman–Crippen MR) is 134 cm³/mol. The van der Waals surface area contributed by atoms with Crippen LogP contribution in [0.4, 0.5) is 5.69 Å². The van der Waals surface area contributed by atoms with Gasteiger partial charge >= 0.3 is 0 Å². The number of hydrogen-bond donors (Lipinski definition) is 1. The zero-order valence-electron chi connectivity index (χ0n) is 19.2. The predicted octanol–water partition coefficient (Wildman–Crippen LogP) is 5.24. The average Bonchev–Trinajstić information content (AvgIpc) is 3.21. The van der Waals surface area contributed by atoms with Gasteiger partial charge in [0.1, 0.15) is 0 Å². The molecule has 0 saturated carbocycles. The number of nitrogens with zero attached hydrogens (tertiary/aromatic N) is 3. The van der Waals surface area contributed by atoms with E-state index in [1.54, 1.807) is 37.6 Å². The van der Waals surface area contributed by atoms with Crippen molar-refractivity contribution in [2.45, 2.75) is 32.6 Å². The second-order valence-electron chi connectivity index (χ2n) is 8.00. The zero-order valence-corrected chi connectivity index (χ0v) is 20.0. The summed E-state index contributed by atoms with van der Waals surface area (Å²) in [6.07, 6.45) is 4.26. The number of methoxy groups -OCH3 is 1. The summed E-state index contributed by atoms with van der Waals surface area (Å²) in [6.45, 7) is 2.46. The number of hydrogen-bond acceptors (Lipinski definition) is 7. The van der Waals surface area contributed by atoms with E-state index in [9.17, 15) is 9.59 Å². The van der Waals surface area contributed by atoms with Crippen LogP contribution in [0.25, 0.3) is 11.0 Å². The SMILES string of the molecule is COCCCCC(=O)c1cccc(NC(=O)c2c(C)nsc2Cc2cnc3ccccc3n2)c1. The lowest BCUT2D eigenvalue weighted by atomic mass is 10.0. The molecule has 8 heteroatoms. The van der Waals surface area contributed by atoms with Gasteiger partial charge in [-0.2, -0.15) is 4.37 Å². The molecule has 4 rings (SSSR count). The lowest BCUT2D eigenvalue weighted by molar-refractivity contribution is 0.0972. The summed E-state index contributed by atoms with van der Waals surface area (Å²) in [5, 5.41) is 2.93. The maximum Gasteiger partial charge on any atom is 0.258 e. The number of carbonyl (C=O) groups excluding carboxylic acids is 2. The molecule has 34 heavy (non-hydrogen) atoms. The second-order valence-corrected chi connectivity index (χ2v) is 8.86. The highest BCUT2D eigenvalue weighted by Gasteiger charge is 2.20. The maximum absolute atomic E-state index is 13.2. The zero-order chi connectivity index (χ0) is 23.9. The normalized spacial score (nSPS) is 11.0. The summed E-state index contributed by atoms with van der Waals surface area (Å²) in [5.74, 6) is -0.198. The first kappa shape index (κ1) is 23.7. The van der Waals surface area contributed by atoms with E-state index < -0.39 is 0 Å². The van der Waals surface area contributed by atoms with Crippen LogP contribution in [0.2, 0.25) is 0 Å². The van der Waals surface area contributed by atoms with Gasteiger partial charge in [-0.05, 0) is 55.6 Å². The number of aryl methyl sites for hydroxylation is 1. The Morgan fingerprint density at radius 2 is 1.88 bits per heavy atom. The molecule has 0 unspecified atom stereocenters. The molecule has 7 nitrogen and oxygen atoms in total. The molecular weight excluding hydrogens is 448 g/mol. The number of ether oxygens (including phenoxy) is 1. The van der Waals surface area contributed by atoms with Gasteiger partial charge in [-0.1, -0.05) is 24.3 Å². The molecule has 2 aromatic heterocycles. The van der Waals surface area contributed by atoms with Crippen LogP contribution in [-0.4, -0.2) is 39.7 Å². The van der Waals surface area contributed by atoms with Crippen LogP contribution in [0.15, 0.2) is 54.7 Å². The minimum atomic E-state index is -0.250. The van der Waals surface area contributed by atoms with Crippen LogP contribution in [0.5, 0.6) is 0 Å². The molecule has 0 aliphatic rings. The molecule has 0 atom stereocenters. The van der Waals surface area contributed by atoms with Gasteiger partial charge in [0.2, 0.25) is 0 Å². The summed E-state index contributed by atoms with van der Waals surface area (Å²) in [7, 11) is 1.65. The molecule has 0 fully saturated rings. The number of nitrogens with one attached hydrogen (secondary N) is 1. The Morgan fingerprint density at radius 1 is 1.06 bits per heavy atom. The van der Waals surface area contributed by atoms with Gasteiger partial charge < -0.3 is 10.1 Å². The molecule has 0 aliphatic carbocycles. The first-order chi connectivity index (χ1) is 16.5. The molecule has 0 saturated heterocycles. The number of rotatable bonds is 10. The Hall–Kier alpha value is -3.49. The summed E-state index contributed by atoms with van der Waals surface area (Å²) >= 11 is 1.29. The second kappa shape index (κ2) is 11.1. The van der Waals surface area contributed by atoms with Gasteiger partial charge in [0, 0.05) is 48.9 Å². The van der Waals surface area contributed by atoms with E-state index in [0.717, 1.165) is 34.4 Å². The lowest BCUT2D eigenvalue weighted by Gasteiger charge is -2.09. The molecule has 1 N–H and O–H groups in total. The number of Topliss-reactive ketones (excluding diaryl/α,β-unsaturated/α-hetero) is 1. The lowest BCUT2D eigenvalue weighted by Crippen LogP contribution is -2.15. The van der Waals surface area contributed by atoms with Crippen molar-refractivity contribution in [3.63, 3.8) is 0 Å². The summed E-state index contributed by atoms with van der Waals surface area (Å²) in [6, 6.07) is 14.7. The number of fused-ring (bicyclic) bond motifs is 1. The molecule has 0 bridgehead atoms. The third-order valence-corrected chi connectivity index (χ3v) is 6.38. The fourth-order valence-electron chi connectivity index (χ4n) is 3.71. The standard InChI is InChI=1S/C26H26N4O3S/c1-17-25(24(34-30-17)15-20-16-27-21-10-3-4-11-22(21)28-20)26(32)29-19-9-7-8-18(14-19)23(31)12-5-6-13-33-2/h3-4,7-11,14,16H,5-6,12-13,15H2,1-2H3,(H,29,32). The van der Waals surface area contributed by atoms with Gasteiger partial charge in [-0.15, -0.1) is 0 Å². The molecule has 174 valence electrons.